The molecule has 1 unspecified atom stereocenters. The van der Waals surface area contributed by atoms with Crippen LogP contribution in [0.25, 0.3) is 0 Å². The molecule has 17 heavy (non-hydrogen) atoms. The number of hydrogen-bond acceptors (Lipinski definition) is 2. The topological polar surface area (TPSA) is 38.0 Å². The van der Waals surface area contributed by atoms with Crippen molar-refractivity contribution < 1.29 is 5.11 Å². The number of hydrogen-bond donors (Lipinski definition) is 1. The smallest absolute Gasteiger partial charge is 0.0846 e. The van der Waals surface area contributed by atoms with E-state index in [2.05, 4.69) is 5.10 Å². The number of aryl methyl sites for hydroxylation is 2. The van der Waals surface area contributed by atoms with Gasteiger partial charge in [-0.05, 0) is 36.2 Å². The normalized spacial score (nSPS) is 12.7. The molecule has 1 N–H and O–H groups in total. The lowest BCUT2D eigenvalue weighted by Crippen LogP contribution is -2.03. The molecule has 0 amide bonds. The molecule has 0 aliphatic carbocycles. The van der Waals surface area contributed by atoms with Gasteiger partial charge in [0.1, 0.15) is 0 Å². The SMILES string of the molecule is Cc1cc(Cl)cc(C(O)Cc2ccn(C)n2)c1. The highest BCUT2D eigenvalue weighted by Crippen LogP contribution is 2.22. The van der Waals surface area contributed by atoms with E-state index in [0.717, 1.165) is 16.8 Å². The molecule has 0 spiro atoms. The molecule has 1 aromatic carbocycles. The summed E-state index contributed by atoms with van der Waals surface area (Å²) in [6.07, 6.45) is 1.80. The zero-order valence-electron chi connectivity index (χ0n) is 9.89. The molecular weight excluding hydrogens is 236 g/mol. The van der Waals surface area contributed by atoms with E-state index in [9.17, 15) is 5.11 Å². The van der Waals surface area contributed by atoms with Crippen LogP contribution in [0.2, 0.25) is 5.02 Å². The Hall–Kier alpha value is -1.32. The number of halogens is 1. The number of aliphatic hydroxyl groups is 1. The molecule has 1 heterocycles. The second kappa shape index (κ2) is 4.90. The average Bonchev–Trinajstić information content (AvgIpc) is 2.62. The highest BCUT2D eigenvalue weighted by Gasteiger charge is 2.11. The predicted molar refractivity (Wildman–Crippen MR) is 68.1 cm³/mol. The molecule has 1 aromatic heterocycles. The number of aliphatic hydroxyl groups excluding tert-OH is 1. The first-order valence-electron chi connectivity index (χ1n) is 5.48. The predicted octanol–water partition coefficient (Wildman–Crippen LogP) is 2.66. The van der Waals surface area contributed by atoms with E-state index in [1.165, 1.54) is 0 Å². The standard InChI is InChI=1S/C13H15ClN2O/c1-9-5-10(7-11(14)6-9)13(17)8-12-3-4-16(2)15-12/h3-7,13,17H,8H2,1-2H3. The maximum absolute atomic E-state index is 10.1. The Labute approximate surface area is 106 Å². The van der Waals surface area contributed by atoms with Crippen molar-refractivity contribution in [1.82, 2.24) is 9.78 Å². The van der Waals surface area contributed by atoms with Gasteiger partial charge in [-0.1, -0.05) is 17.7 Å². The van der Waals surface area contributed by atoms with E-state index in [4.69, 9.17) is 11.6 Å². The largest absolute Gasteiger partial charge is 0.388 e. The van der Waals surface area contributed by atoms with Crippen LogP contribution in [-0.2, 0) is 13.5 Å². The Kier molecular flexibility index (Phi) is 3.50. The van der Waals surface area contributed by atoms with Crippen molar-refractivity contribution in [2.24, 2.45) is 7.05 Å². The lowest BCUT2D eigenvalue weighted by atomic mass is 10.0. The second-order valence-electron chi connectivity index (χ2n) is 4.26. The molecule has 2 rings (SSSR count). The van der Waals surface area contributed by atoms with Crippen molar-refractivity contribution in [2.75, 3.05) is 0 Å². The Morgan fingerprint density at radius 2 is 2.18 bits per heavy atom. The van der Waals surface area contributed by atoms with Gasteiger partial charge in [0.2, 0.25) is 0 Å². The van der Waals surface area contributed by atoms with Gasteiger partial charge in [-0.2, -0.15) is 5.10 Å². The Morgan fingerprint density at radius 1 is 1.41 bits per heavy atom. The third-order valence-electron chi connectivity index (χ3n) is 2.62. The molecular formula is C13H15ClN2O. The maximum Gasteiger partial charge on any atom is 0.0846 e. The first kappa shape index (κ1) is 12.1. The van der Waals surface area contributed by atoms with E-state index < -0.39 is 6.10 Å². The van der Waals surface area contributed by atoms with Gasteiger partial charge in [0.05, 0.1) is 11.8 Å². The summed E-state index contributed by atoms with van der Waals surface area (Å²) in [7, 11) is 1.86. The molecule has 0 saturated heterocycles. The van der Waals surface area contributed by atoms with E-state index >= 15 is 0 Å². The third kappa shape index (κ3) is 3.08. The van der Waals surface area contributed by atoms with Gasteiger partial charge in [0.25, 0.3) is 0 Å². The minimum Gasteiger partial charge on any atom is -0.388 e. The minimum absolute atomic E-state index is 0.501. The molecule has 1 atom stereocenters. The Morgan fingerprint density at radius 3 is 2.76 bits per heavy atom. The molecule has 2 aromatic rings. The van der Waals surface area contributed by atoms with Gasteiger partial charge in [-0.25, -0.2) is 0 Å². The Balaban J connectivity index is 2.16. The second-order valence-corrected chi connectivity index (χ2v) is 4.70. The van der Waals surface area contributed by atoms with Gasteiger partial charge in [0.15, 0.2) is 0 Å². The zero-order valence-corrected chi connectivity index (χ0v) is 10.6. The number of aromatic nitrogens is 2. The van der Waals surface area contributed by atoms with Crippen LogP contribution in [0, 0.1) is 6.92 Å². The number of rotatable bonds is 3. The summed E-state index contributed by atoms with van der Waals surface area (Å²) >= 11 is 5.97. The molecule has 0 saturated carbocycles. The summed E-state index contributed by atoms with van der Waals surface area (Å²) in [4.78, 5) is 0. The van der Waals surface area contributed by atoms with Gasteiger partial charge in [-0.3, -0.25) is 4.68 Å². The van der Waals surface area contributed by atoms with Crippen molar-refractivity contribution >= 4 is 11.6 Å². The lowest BCUT2D eigenvalue weighted by molar-refractivity contribution is 0.177. The van der Waals surface area contributed by atoms with Crippen LogP contribution in [0.5, 0.6) is 0 Å². The summed E-state index contributed by atoms with van der Waals surface area (Å²) < 4.78 is 1.73. The van der Waals surface area contributed by atoms with Crippen LogP contribution >= 0.6 is 11.6 Å². The summed E-state index contributed by atoms with van der Waals surface area (Å²) in [5, 5.41) is 15.0. The molecule has 0 aliphatic rings. The fraction of sp³-hybridized carbons (Fsp3) is 0.308. The van der Waals surface area contributed by atoms with Gasteiger partial charge < -0.3 is 5.11 Å². The molecule has 4 heteroatoms. The Bertz CT molecular complexity index is 502. The van der Waals surface area contributed by atoms with Crippen molar-refractivity contribution in [1.29, 1.82) is 0 Å². The number of benzene rings is 1. The fourth-order valence-electron chi connectivity index (χ4n) is 1.84. The van der Waals surface area contributed by atoms with E-state index in [0.29, 0.717) is 11.4 Å². The van der Waals surface area contributed by atoms with E-state index in [-0.39, 0.29) is 0 Å². The van der Waals surface area contributed by atoms with Gasteiger partial charge in [0, 0.05) is 24.7 Å². The van der Waals surface area contributed by atoms with E-state index in [1.54, 1.807) is 10.7 Å². The first-order valence-corrected chi connectivity index (χ1v) is 5.86. The molecule has 3 nitrogen and oxygen atoms in total. The van der Waals surface area contributed by atoms with Crippen LogP contribution in [0.4, 0.5) is 0 Å². The number of nitrogens with zero attached hydrogens (tertiary/aromatic N) is 2. The fourth-order valence-corrected chi connectivity index (χ4v) is 2.14. The van der Waals surface area contributed by atoms with Gasteiger partial charge in [-0.15, -0.1) is 0 Å². The zero-order chi connectivity index (χ0) is 12.4. The van der Waals surface area contributed by atoms with Crippen LogP contribution < -0.4 is 0 Å². The van der Waals surface area contributed by atoms with Crippen LogP contribution in [0.3, 0.4) is 0 Å². The van der Waals surface area contributed by atoms with Crippen molar-refractivity contribution in [3.8, 4) is 0 Å². The monoisotopic (exact) mass is 250 g/mol. The van der Waals surface area contributed by atoms with Crippen molar-refractivity contribution in [3.05, 3.63) is 52.3 Å². The highest BCUT2D eigenvalue weighted by atomic mass is 35.5. The first-order chi connectivity index (χ1) is 8.04. The summed E-state index contributed by atoms with van der Waals surface area (Å²) in [6.45, 7) is 1.96. The lowest BCUT2D eigenvalue weighted by Gasteiger charge is -2.10. The quantitative estimate of drug-likeness (QED) is 0.910. The molecule has 0 radical (unpaired) electrons. The van der Waals surface area contributed by atoms with Crippen molar-refractivity contribution in [3.63, 3.8) is 0 Å². The van der Waals surface area contributed by atoms with Gasteiger partial charge >= 0.3 is 0 Å². The van der Waals surface area contributed by atoms with Crippen LogP contribution in [0.1, 0.15) is 22.9 Å². The molecule has 90 valence electrons. The summed E-state index contributed by atoms with van der Waals surface area (Å²) in [5.74, 6) is 0. The third-order valence-corrected chi connectivity index (χ3v) is 2.84. The van der Waals surface area contributed by atoms with Crippen LogP contribution in [0.15, 0.2) is 30.5 Å². The molecule has 0 fully saturated rings. The summed E-state index contributed by atoms with van der Waals surface area (Å²) in [6, 6.07) is 7.51. The minimum atomic E-state index is -0.567. The molecule has 0 aliphatic heterocycles. The average molecular weight is 251 g/mol. The highest BCUT2D eigenvalue weighted by molar-refractivity contribution is 6.30. The van der Waals surface area contributed by atoms with Crippen LogP contribution in [-0.4, -0.2) is 14.9 Å². The maximum atomic E-state index is 10.1. The van der Waals surface area contributed by atoms with E-state index in [1.807, 2.05) is 38.4 Å². The van der Waals surface area contributed by atoms with Crippen molar-refractivity contribution in [2.45, 2.75) is 19.4 Å². The summed E-state index contributed by atoms with van der Waals surface area (Å²) in [5.41, 5.74) is 2.76. The molecule has 0 bridgehead atoms.